The summed E-state index contributed by atoms with van der Waals surface area (Å²) in [7, 11) is -4.15. The molecule has 4 N–H and O–H groups in total. The number of esters is 1. The van der Waals surface area contributed by atoms with Gasteiger partial charge >= 0.3 is 13.7 Å². The summed E-state index contributed by atoms with van der Waals surface area (Å²) in [5.74, 6) is -0.158. The molecule has 3 unspecified atom stereocenters. The minimum atomic E-state index is -4.15. The molecule has 5 atom stereocenters. The van der Waals surface area contributed by atoms with Gasteiger partial charge in [0.05, 0.1) is 19.0 Å². The number of hydrogen-bond donors (Lipinski definition) is 3. The highest BCUT2D eigenvalue weighted by Gasteiger charge is 2.39. The van der Waals surface area contributed by atoms with E-state index in [9.17, 15) is 14.5 Å². The van der Waals surface area contributed by atoms with Crippen molar-refractivity contribution in [3.8, 4) is 5.75 Å². The number of hydrogen-bond acceptors (Lipinski definition) is 11. The fraction of sp³-hybridized carbons (Fsp3) is 0.308. The molecular weight excluding hydrogens is 539 g/mol. The maximum absolute atomic E-state index is 13.8. The zero-order valence-corrected chi connectivity index (χ0v) is 22.5. The van der Waals surface area contributed by atoms with Crippen LogP contribution < -0.4 is 15.3 Å². The van der Waals surface area contributed by atoms with E-state index in [0.717, 1.165) is 5.56 Å². The third-order valence-electron chi connectivity index (χ3n) is 6.21. The van der Waals surface area contributed by atoms with E-state index in [4.69, 9.17) is 24.3 Å². The van der Waals surface area contributed by atoms with E-state index in [1.54, 1.807) is 34.9 Å². The highest BCUT2D eigenvalue weighted by Crippen LogP contribution is 2.46. The summed E-state index contributed by atoms with van der Waals surface area (Å²) in [5, 5.41) is 13.3. The zero-order chi connectivity index (χ0) is 28.1. The van der Waals surface area contributed by atoms with E-state index in [0.29, 0.717) is 11.2 Å². The lowest BCUT2D eigenvalue weighted by atomic mass is 10.2. The molecule has 0 bridgehead atoms. The molecule has 0 amide bonds. The number of nitrogens with two attached hydrogens (primary N) is 1. The highest BCUT2D eigenvalue weighted by molar-refractivity contribution is 7.52. The van der Waals surface area contributed by atoms with Gasteiger partial charge in [0, 0.05) is 6.42 Å². The molecular formula is C26H29N6O7P. The number of fused-ring (bicyclic) bond motifs is 1. The van der Waals surface area contributed by atoms with E-state index in [-0.39, 0.29) is 31.2 Å². The van der Waals surface area contributed by atoms with Crippen LogP contribution in [0, 0.1) is 0 Å². The minimum Gasteiger partial charge on any atom is -0.460 e. The van der Waals surface area contributed by atoms with Crippen LogP contribution in [0.3, 0.4) is 0 Å². The Labute approximate surface area is 229 Å². The molecule has 1 aliphatic heterocycles. The predicted octanol–water partition coefficient (Wildman–Crippen LogP) is 2.98. The van der Waals surface area contributed by atoms with Crippen LogP contribution in [0.15, 0.2) is 73.3 Å². The number of benzene rings is 2. The van der Waals surface area contributed by atoms with Crippen LogP contribution in [0.5, 0.6) is 5.75 Å². The maximum atomic E-state index is 13.8. The van der Waals surface area contributed by atoms with Gasteiger partial charge < -0.3 is 24.8 Å². The summed E-state index contributed by atoms with van der Waals surface area (Å²) in [4.78, 5) is 25.0. The van der Waals surface area contributed by atoms with Gasteiger partial charge in [-0.25, -0.2) is 19.5 Å². The van der Waals surface area contributed by atoms with Gasteiger partial charge in [0.25, 0.3) is 0 Å². The van der Waals surface area contributed by atoms with Crippen LogP contribution in [0.25, 0.3) is 11.2 Å². The standard InChI is InChI=1S/C26H29N6O7P/c1-17(26(34)36-13-18-8-4-2-5-9-18)31-40(35,39-19-10-6-3-7-11-19)37-14-21-20(33)12-22(38-21)32-16-30-23-24(27)28-15-29-25(23)32/h2-11,15-17,20-22,33H,12-14H2,1H3,(H,31,35)(H2,27,28,29)/t17-,20?,21+,22?,40?/m0/s1. The summed E-state index contributed by atoms with van der Waals surface area (Å²) in [6.07, 6.45) is 0.567. The van der Waals surface area contributed by atoms with Gasteiger partial charge in [-0.1, -0.05) is 48.5 Å². The van der Waals surface area contributed by atoms with E-state index in [1.807, 2.05) is 30.3 Å². The molecule has 14 heteroatoms. The normalized spacial score (nSPS) is 21.1. The van der Waals surface area contributed by atoms with Crippen molar-refractivity contribution < 1.29 is 33.0 Å². The second kappa shape index (κ2) is 12.1. The fourth-order valence-electron chi connectivity index (χ4n) is 4.14. The number of aliphatic hydroxyl groups excluding tert-OH is 1. The van der Waals surface area contributed by atoms with Gasteiger partial charge in [-0.3, -0.25) is 13.9 Å². The molecule has 40 heavy (non-hydrogen) atoms. The number of nitrogen functional groups attached to an aromatic ring is 1. The Morgan fingerprint density at radius 3 is 2.65 bits per heavy atom. The predicted molar refractivity (Wildman–Crippen MR) is 144 cm³/mol. The van der Waals surface area contributed by atoms with Gasteiger partial charge in [-0.15, -0.1) is 0 Å². The Hall–Kier alpha value is -3.87. The molecule has 2 aromatic heterocycles. The number of carbonyl (C=O) groups is 1. The first kappa shape index (κ1) is 27.7. The average molecular weight is 569 g/mol. The minimum absolute atomic E-state index is 0.0550. The second-order valence-electron chi connectivity index (χ2n) is 9.16. The molecule has 0 spiro atoms. The van der Waals surface area contributed by atoms with E-state index in [1.165, 1.54) is 19.6 Å². The number of imidazole rings is 1. The molecule has 3 heterocycles. The summed E-state index contributed by atoms with van der Waals surface area (Å²) in [6, 6.07) is 16.5. The number of ether oxygens (including phenoxy) is 2. The number of nitrogens with zero attached hydrogens (tertiary/aromatic N) is 4. The van der Waals surface area contributed by atoms with E-state index in [2.05, 4.69) is 20.0 Å². The molecule has 5 rings (SSSR count). The smallest absolute Gasteiger partial charge is 0.459 e. The number of aromatic nitrogens is 4. The van der Waals surface area contributed by atoms with Gasteiger partial charge in [-0.2, -0.15) is 5.09 Å². The average Bonchev–Trinajstić information content (AvgIpc) is 3.55. The number of anilines is 1. The Morgan fingerprint density at radius 1 is 1.18 bits per heavy atom. The second-order valence-corrected chi connectivity index (χ2v) is 10.9. The fourth-order valence-corrected chi connectivity index (χ4v) is 5.64. The quantitative estimate of drug-likeness (QED) is 0.179. The summed E-state index contributed by atoms with van der Waals surface area (Å²) >= 11 is 0. The molecule has 210 valence electrons. The first-order valence-electron chi connectivity index (χ1n) is 12.6. The molecule has 13 nitrogen and oxygen atoms in total. The van der Waals surface area contributed by atoms with Crippen LogP contribution in [0.1, 0.15) is 25.1 Å². The molecule has 4 aromatic rings. The number of aliphatic hydroxyl groups is 1. The lowest BCUT2D eigenvalue weighted by molar-refractivity contribution is -0.146. The van der Waals surface area contributed by atoms with Crippen LogP contribution >= 0.6 is 7.75 Å². The largest absolute Gasteiger partial charge is 0.460 e. The van der Waals surface area contributed by atoms with Crippen LogP contribution in [0.2, 0.25) is 0 Å². The zero-order valence-electron chi connectivity index (χ0n) is 21.6. The number of carbonyl (C=O) groups excluding carboxylic acids is 1. The van der Waals surface area contributed by atoms with E-state index >= 15 is 0 Å². The van der Waals surface area contributed by atoms with Crippen molar-refractivity contribution in [2.45, 2.75) is 44.4 Å². The van der Waals surface area contributed by atoms with Crippen molar-refractivity contribution in [1.29, 1.82) is 0 Å². The van der Waals surface area contributed by atoms with Crippen molar-refractivity contribution in [3.63, 3.8) is 0 Å². The van der Waals surface area contributed by atoms with Gasteiger partial charge in [0.2, 0.25) is 0 Å². The summed E-state index contributed by atoms with van der Waals surface area (Å²) < 4.78 is 38.2. The maximum Gasteiger partial charge on any atom is 0.459 e. The van der Waals surface area contributed by atoms with E-state index < -0.39 is 38.2 Å². The molecule has 2 aromatic carbocycles. The lowest BCUT2D eigenvalue weighted by Gasteiger charge is -2.24. The first-order chi connectivity index (χ1) is 19.3. The number of rotatable bonds is 11. The van der Waals surface area contributed by atoms with Crippen molar-refractivity contribution in [1.82, 2.24) is 24.6 Å². The molecule has 1 aliphatic rings. The van der Waals surface area contributed by atoms with Gasteiger partial charge in [0.15, 0.2) is 11.5 Å². The van der Waals surface area contributed by atoms with Crippen molar-refractivity contribution >= 4 is 30.7 Å². The van der Waals surface area contributed by atoms with Crippen molar-refractivity contribution in [2.75, 3.05) is 12.3 Å². The molecule has 0 aliphatic carbocycles. The van der Waals surface area contributed by atoms with Crippen molar-refractivity contribution in [3.05, 3.63) is 78.9 Å². The number of para-hydroxylation sites is 1. The number of nitrogens with one attached hydrogen (secondary N) is 1. The van der Waals surface area contributed by atoms with Crippen molar-refractivity contribution in [2.24, 2.45) is 0 Å². The van der Waals surface area contributed by atoms with Crippen LogP contribution in [-0.2, 0) is 30.0 Å². The topological polar surface area (TPSA) is 173 Å². The molecule has 0 saturated carbocycles. The first-order valence-corrected chi connectivity index (χ1v) is 14.1. The Balaban J connectivity index is 1.25. The monoisotopic (exact) mass is 568 g/mol. The molecule has 0 radical (unpaired) electrons. The summed E-state index contributed by atoms with van der Waals surface area (Å²) in [6.45, 7) is 1.25. The van der Waals surface area contributed by atoms with Crippen LogP contribution in [0.4, 0.5) is 5.82 Å². The Kier molecular flexibility index (Phi) is 8.38. The molecule has 1 saturated heterocycles. The summed E-state index contributed by atoms with van der Waals surface area (Å²) in [5.41, 5.74) is 7.55. The highest BCUT2D eigenvalue weighted by atomic mass is 31.2. The lowest BCUT2D eigenvalue weighted by Crippen LogP contribution is -2.36. The van der Waals surface area contributed by atoms with Gasteiger partial charge in [-0.05, 0) is 24.6 Å². The SMILES string of the molecule is C[C@H](NP(=O)(OC[C@H]1OC(n2cnc3c(N)ncnc32)CC1O)Oc1ccccc1)C(=O)OCc1ccccc1. The Bertz CT molecular complexity index is 1490. The third-order valence-corrected chi connectivity index (χ3v) is 7.85. The molecule has 1 fully saturated rings. The third kappa shape index (κ3) is 6.46. The van der Waals surface area contributed by atoms with Gasteiger partial charge in [0.1, 0.15) is 42.6 Å². The van der Waals surface area contributed by atoms with Crippen LogP contribution in [-0.4, -0.2) is 55.5 Å². The Morgan fingerprint density at radius 2 is 1.90 bits per heavy atom.